The Morgan fingerprint density at radius 3 is 1.81 bits per heavy atom. The molecule has 0 spiro atoms. The minimum absolute atomic E-state index is 0.202. The van der Waals surface area contributed by atoms with Gasteiger partial charge in [-0.2, -0.15) is 0 Å². The Balaban J connectivity index is 1.76. The molecule has 140 valence electrons. The maximum atomic E-state index is 12.6. The van der Waals surface area contributed by atoms with Gasteiger partial charge in [0.15, 0.2) is 0 Å². The zero-order valence-corrected chi connectivity index (χ0v) is 16.0. The summed E-state index contributed by atoms with van der Waals surface area (Å²) < 4.78 is 38.3. The van der Waals surface area contributed by atoms with Crippen molar-refractivity contribution in [1.82, 2.24) is 0 Å². The normalized spacial score (nSPS) is 11.0. The molecule has 5 nitrogen and oxygen atoms in total. The van der Waals surface area contributed by atoms with Gasteiger partial charge in [0.1, 0.15) is 11.5 Å². The largest absolute Gasteiger partial charge is 0.497 e. The average Bonchev–Trinajstić information content (AvgIpc) is 2.70. The van der Waals surface area contributed by atoms with Gasteiger partial charge in [0.2, 0.25) is 0 Å². The number of sulfonamides is 1. The van der Waals surface area contributed by atoms with Crippen molar-refractivity contribution in [2.45, 2.75) is 11.8 Å². The van der Waals surface area contributed by atoms with Gasteiger partial charge in [-0.15, -0.1) is 0 Å². The number of methoxy groups -OCH3 is 1. The monoisotopic (exact) mass is 383 g/mol. The fourth-order valence-electron chi connectivity index (χ4n) is 2.61. The topological polar surface area (TPSA) is 64.6 Å². The number of hydrogen-bond donors (Lipinski definition) is 1. The molecule has 3 rings (SSSR count). The third kappa shape index (κ3) is 4.60. The minimum Gasteiger partial charge on any atom is -0.497 e. The van der Waals surface area contributed by atoms with Crippen LogP contribution < -0.4 is 14.2 Å². The molecule has 0 amide bonds. The van der Waals surface area contributed by atoms with Crippen LogP contribution in [0.25, 0.3) is 11.1 Å². The molecule has 27 heavy (non-hydrogen) atoms. The summed E-state index contributed by atoms with van der Waals surface area (Å²) in [6.07, 6.45) is 0. The molecule has 0 bridgehead atoms. The highest BCUT2D eigenvalue weighted by Crippen LogP contribution is 2.25. The van der Waals surface area contributed by atoms with Crippen LogP contribution in [0.5, 0.6) is 11.5 Å². The zero-order valence-electron chi connectivity index (χ0n) is 15.2. The summed E-state index contributed by atoms with van der Waals surface area (Å²) in [6, 6.07) is 21.2. The van der Waals surface area contributed by atoms with Gasteiger partial charge in [-0.05, 0) is 66.6 Å². The highest BCUT2D eigenvalue weighted by atomic mass is 32.2. The van der Waals surface area contributed by atoms with Crippen LogP contribution >= 0.6 is 0 Å². The van der Waals surface area contributed by atoms with E-state index < -0.39 is 10.0 Å². The second kappa shape index (κ2) is 8.14. The molecule has 3 aromatic carbocycles. The zero-order chi connectivity index (χ0) is 19.3. The molecule has 0 heterocycles. The van der Waals surface area contributed by atoms with Crippen molar-refractivity contribution in [2.75, 3.05) is 18.4 Å². The van der Waals surface area contributed by atoms with Crippen molar-refractivity contribution < 1.29 is 17.9 Å². The van der Waals surface area contributed by atoms with E-state index in [1.807, 2.05) is 31.2 Å². The van der Waals surface area contributed by atoms with Gasteiger partial charge < -0.3 is 9.47 Å². The molecule has 0 radical (unpaired) electrons. The smallest absolute Gasteiger partial charge is 0.261 e. The first kappa shape index (κ1) is 18.8. The highest BCUT2D eigenvalue weighted by Gasteiger charge is 2.14. The summed E-state index contributed by atoms with van der Waals surface area (Å²) >= 11 is 0. The lowest BCUT2D eigenvalue weighted by Crippen LogP contribution is -2.12. The lowest BCUT2D eigenvalue weighted by molar-refractivity contribution is 0.340. The second-order valence-electron chi connectivity index (χ2n) is 5.82. The van der Waals surface area contributed by atoms with Crippen LogP contribution in [0.1, 0.15) is 6.92 Å². The molecule has 0 unspecified atom stereocenters. The first-order chi connectivity index (χ1) is 13.0. The molecule has 0 aliphatic rings. The van der Waals surface area contributed by atoms with E-state index in [1.165, 1.54) is 0 Å². The van der Waals surface area contributed by atoms with Crippen molar-refractivity contribution >= 4 is 15.7 Å². The molecule has 0 aromatic heterocycles. The van der Waals surface area contributed by atoms with E-state index in [1.54, 1.807) is 55.6 Å². The summed E-state index contributed by atoms with van der Waals surface area (Å²) in [5.41, 5.74) is 2.40. The molecule has 0 saturated heterocycles. The van der Waals surface area contributed by atoms with Gasteiger partial charge in [-0.3, -0.25) is 4.72 Å². The van der Waals surface area contributed by atoms with E-state index in [-0.39, 0.29) is 4.90 Å². The predicted molar refractivity (Wildman–Crippen MR) is 107 cm³/mol. The molecule has 0 aliphatic heterocycles. The summed E-state index contributed by atoms with van der Waals surface area (Å²) in [4.78, 5) is 0.202. The fraction of sp³-hybridized carbons (Fsp3) is 0.143. The number of anilines is 1. The first-order valence-corrected chi connectivity index (χ1v) is 10.0. The van der Waals surface area contributed by atoms with Gasteiger partial charge in [-0.25, -0.2) is 8.42 Å². The quantitative estimate of drug-likeness (QED) is 0.649. The Labute approximate surface area is 159 Å². The Bertz CT molecular complexity index is 980. The number of ether oxygens (including phenoxy) is 2. The van der Waals surface area contributed by atoms with Crippen molar-refractivity contribution in [3.8, 4) is 22.6 Å². The van der Waals surface area contributed by atoms with Crippen LogP contribution in [0.4, 0.5) is 5.69 Å². The van der Waals surface area contributed by atoms with Crippen LogP contribution in [-0.4, -0.2) is 22.1 Å². The van der Waals surface area contributed by atoms with Crippen LogP contribution in [0.15, 0.2) is 77.7 Å². The van der Waals surface area contributed by atoms with Crippen LogP contribution in [0.2, 0.25) is 0 Å². The summed E-state index contributed by atoms with van der Waals surface area (Å²) in [5, 5.41) is 0. The minimum atomic E-state index is -3.66. The second-order valence-corrected chi connectivity index (χ2v) is 7.50. The van der Waals surface area contributed by atoms with Gasteiger partial charge >= 0.3 is 0 Å². The third-order valence-electron chi connectivity index (χ3n) is 4.01. The summed E-state index contributed by atoms with van der Waals surface area (Å²) in [7, 11) is -2.04. The van der Waals surface area contributed by atoms with Crippen molar-refractivity contribution in [1.29, 1.82) is 0 Å². The lowest BCUT2D eigenvalue weighted by atomic mass is 10.1. The van der Waals surface area contributed by atoms with E-state index in [9.17, 15) is 8.42 Å². The van der Waals surface area contributed by atoms with Crippen molar-refractivity contribution in [3.05, 3.63) is 72.8 Å². The van der Waals surface area contributed by atoms with Crippen molar-refractivity contribution in [2.24, 2.45) is 0 Å². The number of rotatable bonds is 7. The Kier molecular flexibility index (Phi) is 5.66. The maximum absolute atomic E-state index is 12.6. The van der Waals surface area contributed by atoms with E-state index in [2.05, 4.69) is 4.72 Å². The fourth-order valence-corrected chi connectivity index (χ4v) is 3.67. The van der Waals surface area contributed by atoms with Crippen molar-refractivity contribution in [3.63, 3.8) is 0 Å². The van der Waals surface area contributed by atoms with Crippen LogP contribution in [0, 0.1) is 0 Å². The Morgan fingerprint density at radius 2 is 1.30 bits per heavy atom. The molecule has 0 aliphatic carbocycles. The SMILES string of the molecule is CCOc1ccc(NS(=O)(=O)c2ccc(-c3ccc(OC)cc3)cc2)cc1. The molecule has 6 heteroatoms. The van der Waals surface area contributed by atoms with E-state index in [0.29, 0.717) is 18.0 Å². The van der Waals surface area contributed by atoms with Gasteiger partial charge in [-0.1, -0.05) is 24.3 Å². The molecular formula is C21H21NO4S. The standard InChI is InChI=1S/C21H21NO4S/c1-3-26-20-12-8-18(9-13-20)22-27(23,24)21-14-6-17(7-15-21)16-4-10-19(25-2)11-5-16/h4-15,22H,3H2,1-2H3. The number of nitrogens with one attached hydrogen (secondary N) is 1. The summed E-state index contributed by atoms with van der Waals surface area (Å²) in [5.74, 6) is 1.47. The molecule has 0 saturated carbocycles. The lowest BCUT2D eigenvalue weighted by Gasteiger charge is -2.10. The summed E-state index contributed by atoms with van der Waals surface area (Å²) in [6.45, 7) is 2.46. The van der Waals surface area contributed by atoms with Gasteiger partial charge in [0.05, 0.1) is 18.6 Å². The molecular weight excluding hydrogens is 362 g/mol. The number of hydrogen-bond acceptors (Lipinski definition) is 4. The third-order valence-corrected chi connectivity index (χ3v) is 5.40. The molecule has 3 aromatic rings. The Morgan fingerprint density at radius 1 is 0.778 bits per heavy atom. The Hall–Kier alpha value is -2.99. The van der Waals surface area contributed by atoms with Gasteiger partial charge in [0, 0.05) is 5.69 Å². The van der Waals surface area contributed by atoms with Crippen LogP contribution in [0.3, 0.4) is 0 Å². The van der Waals surface area contributed by atoms with E-state index in [4.69, 9.17) is 9.47 Å². The van der Waals surface area contributed by atoms with Gasteiger partial charge in [0.25, 0.3) is 10.0 Å². The maximum Gasteiger partial charge on any atom is 0.261 e. The molecule has 0 atom stereocenters. The highest BCUT2D eigenvalue weighted by molar-refractivity contribution is 7.92. The average molecular weight is 383 g/mol. The van der Waals surface area contributed by atoms with E-state index >= 15 is 0 Å². The first-order valence-electron chi connectivity index (χ1n) is 8.52. The predicted octanol–water partition coefficient (Wildman–Crippen LogP) is 4.56. The molecule has 0 fully saturated rings. The van der Waals surface area contributed by atoms with E-state index in [0.717, 1.165) is 16.9 Å². The molecule has 1 N–H and O–H groups in total. The number of benzene rings is 3. The van der Waals surface area contributed by atoms with Crippen LogP contribution in [-0.2, 0) is 10.0 Å².